The summed E-state index contributed by atoms with van der Waals surface area (Å²) < 4.78 is 0. The van der Waals surface area contributed by atoms with Gasteiger partial charge in [-0.15, -0.1) is 0 Å². The Hall–Kier alpha value is -1.87. The van der Waals surface area contributed by atoms with Crippen molar-refractivity contribution >= 4 is 17.9 Å². The first-order valence-electron chi connectivity index (χ1n) is 6.93. The van der Waals surface area contributed by atoms with Crippen LogP contribution in [-0.4, -0.2) is 89.3 Å². The van der Waals surface area contributed by atoms with Crippen LogP contribution in [0.1, 0.15) is 6.42 Å². The normalized spacial score (nSPS) is 25.8. The van der Waals surface area contributed by atoms with E-state index in [1.165, 1.54) is 0 Å². The van der Waals surface area contributed by atoms with E-state index in [1.807, 2.05) is 0 Å². The highest BCUT2D eigenvalue weighted by molar-refractivity contribution is 5.87. The van der Waals surface area contributed by atoms with Crippen molar-refractivity contribution in [1.29, 1.82) is 0 Å². The zero-order chi connectivity index (χ0) is 15.4. The Morgan fingerprint density at radius 2 is 1.90 bits per heavy atom. The van der Waals surface area contributed by atoms with E-state index in [9.17, 15) is 19.5 Å². The summed E-state index contributed by atoms with van der Waals surface area (Å²) in [7, 11) is 0. The average Bonchev–Trinajstić information content (AvgIpc) is 2.87. The van der Waals surface area contributed by atoms with Gasteiger partial charge in [-0.3, -0.25) is 4.79 Å². The second-order valence-electron chi connectivity index (χ2n) is 5.19. The number of β-amino-alcohol motifs (C(OH)–C–C–N with tert-alkyl or cyclic N) is 1. The maximum Gasteiger partial charge on any atom is 0.326 e. The number of aliphatic hydroxyl groups is 1. The maximum atomic E-state index is 12.0. The van der Waals surface area contributed by atoms with Crippen LogP contribution in [0, 0.1) is 0 Å². The van der Waals surface area contributed by atoms with Crippen LogP contribution < -0.4 is 10.6 Å². The van der Waals surface area contributed by atoms with Crippen LogP contribution >= 0.6 is 0 Å². The van der Waals surface area contributed by atoms with Gasteiger partial charge >= 0.3 is 12.0 Å². The standard InChI is InChI=1S/C12H20N4O5/c17-8-5-9(11(19)20)16(7-8)12(21)14-6-10(18)15-3-1-13-2-4-15/h8-9,13,17H,1-7H2,(H,14,21)(H,19,20)/t8-,9+/m1/s1. The summed E-state index contributed by atoms with van der Waals surface area (Å²) in [5, 5.41) is 24.0. The van der Waals surface area contributed by atoms with Crippen molar-refractivity contribution in [3.63, 3.8) is 0 Å². The minimum absolute atomic E-state index is 0.00843. The molecule has 2 rings (SSSR count). The molecule has 0 bridgehead atoms. The van der Waals surface area contributed by atoms with E-state index >= 15 is 0 Å². The number of carbonyl (C=O) groups is 3. The topological polar surface area (TPSA) is 122 Å². The van der Waals surface area contributed by atoms with E-state index in [4.69, 9.17) is 5.11 Å². The number of nitrogens with zero attached hydrogens (tertiary/aromatic N) is 2. The van der Waals surface area contributed by atoms with Gasteiger partial charge in [0, 0.05) is 39.1 Å². The van der Waals surface area contributed by atoms with Gasteiger partial charge in [0.2, 0.25) is 5.91 Å². The lowest BCUT2D eigenvalue weighted by Gasteiger charge is -2.28. The Labute approximate surface area is 121 Å². The van der Waals surface area contributed by atoms with Crippen molar-refractivity contribution in [1.82, 2.24) is 20.4 Å². The molecule has 0 radical (unpaired) electrons. The van der Waals surface area contributed by atoms with Crippen molar-refractivity contribution in [2.24, 2.45) is 0 Å². The molecule has 0 aromatic heterocycles. The number of hydrogen-bond donors (Lipinski definition) is 4. The Bertz CT molecular complexity index is 424. The minimum Gasteiger partial charge on any atom is -0.480 e. The number of rotatable bonds is 3. The third kappa shape index (κ3) is 3.82. The zero-order valence-corrected chi connectivity index (χ0v) is 11.6. The van der Waals surface area contributed by atoms with Crippen LogP contribution in [0.15, 0.2) is 0 Å². The SMILES string of the molecule is O=C(O)[C@@H]1C[C@@H](O)CN1C(=O)NCC(=O)N1CCNCC1. The molecule has 21 heavy (non-hydrogen) atoms. The highest BCUT2D eigenvalue weighted by Crippen LogP contribution is 2.17. The van der Waals surface area contributed by atoms with Gasteiger partial charge in [0.15, 0.2) is 0 Å². The molecule has 2 aliphatic heterocycles. The number of likely N-dealkylation sites (tertiary alicyclic amines) is 1. The van der Waals surface area contributed by atoms with E-state index in [1.54, 1.807) is 4.90 Å². The van der Waals surface area contributed by atoms with Gasteiger partial charge in [-0.05, 0) is 0 Å². The maximum absolute atomic E-state index is 12.0. The third-order valence-corrected chi connectivity index (χ3v) is 3.69. The van der Waals surface area contributed by atoms with Gasteiger partial charge in [0.25, 0.3) is 0 Å². The first kappa shape index (κ1) is 15.5. The molecule has 4 N–H and O–H groups in total. The van der Waals surface area contributed by atoms with Gasteiger partial charge in [0.05, 0.1) is 12.6 Å². The molecule has 3 amide bonds. The molecular weight excluding hydrogens is 280 g/mol. The summed E-state index contributed by atoms with van der Waals surface area (Å²) in [6.45, 7) is 2.42. The third-order valence-electron chi connectivity index (χ3n) is 3.69. The molecule has 0 aromatic carbocycles. The molecule has 9 heteroatoms. The molecule has 2 heterocycles. The monoisotopic (exact) mass is 300 g/mol. The number of amides is 3. The highest BCUT2D eigenvalue weighted by Gasteiger charge is 2.39. The van der Waals surface area contributed by atoms with Crippen LogP contribution in [-0.2, 0) is 9.59 Å². The number of carbonyl (C=O) groups excluding carboxylic acids is 2. The summed E-state index contributed by atoms with van der Waals surface area (Å²) in [4.78, 5) is 37.6. The number of piperazine rings is 1. The molecule has 0 saturated carbocycles. The number of urea groups is 1. The largest absolute Gasteiger partial charge is 0.480 e. The van der Waals surface area contributed by atoms with E-state index in [-0.39, 0.29) is 25.4 Å². The second-order valence-corrected chi connectivity index (χ2v) is 5.19. The lowest BCUT2D eigenvalue weighted by molar-refractivity contribution is -0.141. The predicted molar refractivity (Wildman–Crippen MR) is 71.6 cm³/mol. The smallest absolute Gasteiger partial charge is 0.326 e. The quantitative estimate of drug-likeness (QED) is 0.463. The molecule has 0 spiro atoms. The van der Waals surface area contributed by atoms with Gasteiger partial charge in [-0.2, -0.15) is 0 Å². The highest BCUT2D eigenvalue weighted by atomic mass is 16.4. The van der Waals surface area contributed by atoms with Crippen molar-refractivity contribution in [3.8, 4) is 0 Å². The number of aliphatic hydroxyl groups excluding tert-OH is 1. The van der Waals surface area contributed by atoms with E-state index in [2.05, 4.69) is 10.6 Å². The van der Waals surface area contributed by atoms with Crippen LogP contribution in [0.4, 0.5) is 4.79 Å². The minimum atomic E-state index is -1.16. The fourth-order valence-electron chi connectivity index (χ4n) is 2.55. The van der Waals surface area contributed by atoms with Crippen LogP contribution in [0.2, 0.25) is 0 Å². The van der Waals surface area contributed by atoms with Crippen LogP contribution in [0.25, 0.3) is 0 Å². The van der Waals surface area contributed by atoms with Crippen LogP contribution in [0.5, 0.6) is 0 Å². The lowest BCUT2D eigenvalue weighted by Crippen LogP contribution is -2.52. The fourth-order valence-corrected chi connectivity index (χ4v) is 2.55. The zero-order valence-electron chi connectivity index (χ0n) is 11.6. The number of carboxylic acids is 1. The summed E-state index contributed by atoms with van der Waals surface area (Å²) in [6, 6.07) is -1.68. The van der Waals surface area contributed by atoms with Crippen LogP contribution in [0.3, 0.4) is 0 Å². The molecule has 9 nitrogen and oxygen atoms in total. The van der Waals surface area contributed by atoms with Gasteiger partial charge in [0.1, 0.15) is 6.04 Å². The number of aliphatic carboxylic acids is 1. The summed E-state index contributed by atoms with van der Waals surface area (Å²) in [5.74, 6) is -1.35. The van der Waals surface area contributed by atoms with Crippen molar-refractivity contribution in [2.75, 3.05) is 39.3 Å². The summed E-state index contributed by atoms with van der Waals surface area (Å²) >= 11 is 0. The first-order valence-corrected chi connectivity index (χ1v) is 6.93. The predicted octanol–water partition coefficient (Wildman–Crippen LogP) is -2.35. The molecule has 0 aromatic rings. The Morgan fingerprint density at radius 3 is 2.52 bits per heavy atom. The van der Waals surface area contributed by atoms with Gasteiger partial charge < -0.3 is 30.6 Å². The molecule has 2 fully saturated rings. The van der Waals surface area contributed by atoms with Gasteiger partial charge in [-0.25, -0.2) is 9.59 Å². The summed E-state index contributed by atoms with van der Waals surface area (Å²) in [5.41, 5.74) is 0. The number of hydrogen-bond acceptors (Lipinski definition) is 5. The number of nitrogens with one attached hydrogen (secondary N) is 2. The van der Waals surface area contributed by atoms with E-state index < -0.39 is 24.1 Å². The molecule has 2 saturated heterocycles. The first-order chi connectivity index (χ1) is 9.99. The second kappa shape index (κ2) is 6.72. The van der Waals surface area contributed by atoms with Crippen molar-refractivity contribution in [2.45, 2.75) is 18.6 Å². The molecule has 118 valence electrons. The Morgan fingerprint density at radius 1 is 1.24 bits per heavy atom. The molecule has 0 aliphatic carbocycles. The Balaban J connectivity index is 1.83. The fraction of sp³-hybridized carbons (Fsp3) is 0.750. The molecular formula is C12H20N4O5. The molecule has 2 atom stereocenters. The van der Waals surface area contributed by atoms with Gasteiger partial charge in [-0.1, -0.05) is 0 Å². The van der Waals surface area contributed by atoms with Crippen molar-refractivity contribution in [3.05, 3.63) is 0 Å². The van der Waals surface area contributed by atoms with Crippen molar-refractivity contribution < 1.29 is 24.6 Å². The average molecular weight is 300 g/mol. The molecule has 2 aliphatic rings. The Kier molecular flexibility index (Phi) is 4.97. The number of carboxylic acid groups (broad SMARTS) is 1. The van der Waals surface area contributed by atoms with E-state index in [0.29, 0.717) is 13.1 Å². The summed E-state index contributed by atoms with van der Waals surface area (Å²) in [6.07, 6.45) is -0.838. The lowest BCUT2D eigenvalue weighted by atomic mass is 10.2. The van der Waals surface area contributed by atoms with E-state index in [0.717, 1.165) is 18.0 Å². The molecule has 0 unspecified atom stereocenters.